The van der Waals surface area contributed by atoms with E-state index in [2.05, 4.69) is 5.32 Å². The van der Waals surface area contributed by atoms with Crippen molar-refractivity contribution in [1.29, 1.82) is 0 Å². The number of rotatable bonds is 7. The molecule has 1 saturated carbocycles. The van der Waals surface area contributed by atoms with Gasteiger partial charge in [-0.25, -0.2) is 9.59 Å². The van der Waals surface area contributed by atoms with Gasteiger partial charge in [-0.05, 0) is 50.2 Å². The second-order valence-electron chi connectivity index (χ2n) is 8.15. The van der Waals surface area contributed by atoms with E-state index in [1.165, 1.54) is 13.0 Å². The van der Waals surface area contributed by atoms with Crippen LogP contribution in [0.2, 0.25) is 0 Å². The van der Waals surface area contributed by atoms with Crippen LogP contribution in [0.1, 0.15) is 74.7 Å². The van der Waals surface area contributed by atoms with Gasteiger partial charge in [0.1, 0.15) is 17.4 Å². The first-order chi connectivity index (χ1) is 15.4. The fraction of sp³-hybridized carbons (Fsp3) is 0.591. The van der Waals surface area contributed by atoms with E-state index < -0.39 is 31.5 Å². The van der Waals surface area contributed by atoms with Crippen LogP contribution in [0, 0.1) is 0 Å². The fourth-order valence-electron chi connectivity index (χ4n) is 3.94. The number of benzene rings is 1. The number of nitrogens with one attached hydrogen (secondary N) is 1. The van der Waals surface area contributed by atoms with Crippen molar-refractivity contribution >= 4 is 25.2 Å². The topological polar surface area (TPSA) is 120 Å². The van der Waals surface area contributed by atoms with Gasteiger partial charge in [0.15, 0.2) is 0 Å². The molecule has 0 aromatic heterocycles. The van der Waals surface area contributed by atoms with Crippen molar-refractivity contribution in [1.82, 2.24) is 5.32 Å². The second kappa shape index (κ2) is 11.2. The van der Waals surface area contributed by atoms with Crippen LogP contribution in [0.4, 0.5) is 4.79 Å². The number of carbonyl (C=O) groups is 3. The Kier molecular flexibility index (Phi) is 8.38. The summed E-state index contributed by atoms with van der Waals surface area (Å²) in [6, 6.07) is 4.90. The molecule has 10 heteroatoms. The number of esters is 1. The van der Waals surface area contributed by atoms with Crippen LogP contribution in [-0.4, -0.2) is 48.5 Å². The summed E-state index contributed by atoms with van der Waals surface area (Å²) in [7, 11) is -1.31. The largest absolute Gasteiger partial charge is 0.547 e. The van der Waals surface area contributed by atoms with Crippen molar-refractivity contribution in [3.63, 3.8) is 0 Å². The Labute approximate surface area is 187 Å². The Morgan fingerprint density at radius 3 is 2.69 bits per heavy atom. The van der Waals surface area contributed by atoms with Crippen molar-refractivity contribution in [3.8, 4) is 5.75 Å². The standard InChI is InChI=1S/C22H30BNO8/c1-3-8-19(25)24-18-13-15-9-7-12-17(20(15)32-23(18)28)21(26)29-14(2)30-22(27)31-16-10-5-4-6-11-16/h7,9,12,14,16,18,28H,3-6,8,10-11,13H2,1-2H3,(H,24,25). The predicted octanol–water partition coefficient (Wildman–Crippen LogP) is 2.91. The summed E-state index contributed by atoms with van der Waals surface area (Å²) in [5, 5.41) is 13.1. The predicted molar refractivity (Wildman–Crippen MR) is 115 cm³/mol. The molecule has 2 aliphatic rings. The maximum atomic E-state index is 12.7. The van der Waals surface area contributed by atoms with Gasteiger partial charge in [-0.3, -0.25) is 4.79 Å². The maximum Gasteiger partial charge on any atom is 0.547 e. The minimum absolute atomic E-state index is 0.0935. The SMILES string of the molecule is CCCC(=O)NC1Cc2cccc(C(=O)OC(C)OC(=O)OC3CCCCC3)c2OB1O. The Morgan fingerprint density at radius 1 is 1.22 bits per heavy atom. The summed E-state index contributed by atoms with van der Waals surface area (Å²) >= 11 is 0. The van der Waals surface area contributed by atoms with Crippen molar-refractivity contribution in [2.75, 3.05) is 0 Å². The third kappa shape index (κ3) is 6.38. The monoisotopic (exact) mass is 447 g/mol. The van der Waals surface area contributed by atoms with Gasteiger partial charge < -0.3 is 29.2 Å². The lowest BCUT2D eigenvalue weighted by molar-refractivity contribution is -0.121. The lowest BCUT2D eigenvalue weighted by atomic mass is 9.72. The van der Waals surface area contributed by atoms with Crippen LogP contribution in [0.5, 0.6) is 5.75 Å². The molecule has 32 heavy (non-hydrogen) atoms. The van der Waals surface area contributed by atoms with Crippen molar-refractivity contribution in [2.24, 2.45) is 0 Å². The molecule has 2 unspecified atom stereocenters. The summed E-state index contributed by atoms with van der Waals surface area (Å²) < 4.78 is 21.1. The van der Waals surface area contributed by atoms with Crippen molar-refractivity contribution < 1.29 is 38.3 Å². The van der Waals surface area contributed by atoms with Crippen molar-refractivity contribution in [2.45, 2.75) is 83.5 Å². The van der Waals surface area contributed by atoms with Crippen LogP contribution >= 0.6 is 0 Å². The van der Waals surface area contributed by atoms with E-state index in [1.54, 1.807) is 12.1 Å². The van der Waals surface area contributed by atoms with E-state index >= 15 is 0 Å². The van der Waals surface area contributed by atoms with Gasteiger partial charge in [0, 0.05) is 13.3 Å². The molecule has 0 bridgehead atoms. The van der Waals surface area contributed by atoms with Crippen LogP contribution in [0.15, 0.2) is 18.2 Å². The first-order valence-electron chi connectivity index (χ1n) is 11.2. The molecule has 2 N–H and O–H groups in total. The third-order valence-electron chi connectivity index (χ3n) is 5.51. The van der Waals surface area contributed by atoms with Crippen LogP contribution in [0.3, 0.4) is 0 Å². The second-order valence-corrected chi connectivity index (χ2v) is 8.15. The van der Waals surface area contributed by atoms with E-state index in [4.69, 9.17) is 18.9 Å². The molecule has 0 spiro atoms. The van der Waals surface area contributed by atoms with Crippen LogP contribution in [-0.2, 0) is 25.4 Å². The van der Waals surface area contributed by atoms with Gasteiger partial charge in [-0.2, -0.15) is 0 Å². The Balaban J connectivity index is 1.58. The van der Waals surface area contributed by atoms with Crippen molar-refractivity contribution in [3.05, 3.63) is 29.3 Å². The highest BCUT2D eigenvalue weighted by Gasteiger charge is 2.38. The Morgan fingerprint density at radius 2 is 1.97 bits per heavy atom. The smallest absolute Gasteiger partial charge is 0.534 e. The van der Waals surface area contributed by atoms with Gasteiger partial charge >= 0.3 is 19.2 Å². The zero-order chi connectivity index (χ0) is 23.1. The number of ether oxygens (including phenoxy) is 3. The highest BCUT2D eigenvalue weighted by molar-refractivity contribution is 6.47. The minimum atomic E-state index is -1.31. The molecule has 0 radical (unpaired) electrons. The number of fused-ring (bicyclic) bond motifs is 1. The summed E-state index contributed by atoms with van der Waals surface area (Å²) in [6.45, 7) is 3.31. The summed E-state index contributed by atoms with van der Waals surface area (Å²) in [6.07, 6.45) is 3.90. The quantitative estimate of drug-likeness (QED) is 0.372. The lowest BCUT2D eigenvalue weighted by Crippen LogP contribution is -2.53. The first kappa shape index (κ1) is 23.9. The number of carbonyl (C=O) groups excluding carboxylic acids is 3. The highest BCUT2D eigenvalue weighted by Crippen LogP contribution is 2.31. The summed E-state index contributed by atoms with van der Waals surface area (Å²) in [5.41, 5.74) is 0.743. The van der Waals surface area contributed by atoms with Gasteiger partial charge in [0.25, 0.3) is 0 Å². The fourth-order valence-corrected chi connectivity index (χ4v) is 3.94. The average Bonchev–Trinajstić information content (AvgIpc) is 2.74. The van der Waals surface area contributed by atoms with Gasteiger partial charge in [-0.15, -0.1) is 0 Å². The van der Waals surface area contributed by atoms with E-state index in [9.17, 15) is 19.4 Å². The zero-order valence-electron chi connectivity index (χ0n) is 18.5. The molecule has 1 aromatic rings. The Hall–Kier alpha value is -2.75. The minimum Gasteiger partial charge on any atom is -0.534 e. The highest BCUT2D eigenvalue weighted by atomic mass is 16.8. The maximum absolute atomic E-state index is 12.7. The normalized spacial score (nSPS) is 19.2. The molecule has 2 atom stereocenters. The summed E-state index contributed by atoms with van der Waals surface area (Å²) in [5.74, 6) is -1.38. The van der Waals surface area contributed by atoms with Gasteiger partial charge in [-0.1, -0.05) is 25.5 Å². The lowest BCUT2D eigenvalue weighted by Gasteiger charge is -2.29. The van der Waals surface area contributed by atoms with E-state index in [-0.39, 0.29) is 23.3 Å². The first-order valence-corrected chi connectivity index (χ1v) is 11.2. The van der Waals surface area contributed by atoms with Gasteiger partial charge in [0.05, 0.1) is 5.94 Å². The van der Waals surface area contributed by atoms with E-state index in [1.807, 2.05) is 6.92 Å². The Bertz CT molecular complexity index is 826. The number of hydrogen-bond donors (Lipinski definition) is 2. The molecule has 0 saturated heterocycles. The molecule has 9 nitrogen and oxygen atoms in total. The van der Waals surface area contributed by atoms with E-state index in [0.717, 1.165) is 32.1 Å². The molecule has 3 rings (SSSR count). The molecule has 1 aromatic carbocycles. The number of para-hydroxylation sites is 1. The molecule has 1 aliphatic carbocycles. The molecule has 1 fully saturated rings. The molecular formula is C22H30BNO8. The van der Waals surface area contributed by atoms with Crippen LogP contribution < -0.4 is 9.97 Å². The molecule has 1 amide bonds. The molecule has 1 heterocycles. The van der Waals surface area contributed by atoms with Gasteiger partial charge in [0.2, 0.25) is 12.2 Å². The number of amides is 1. The van der Waals surface area contributed by atoms with Crippen LogP contribution in [0.25, 0.3) is 0 Å². The number of hydrogen-bond acceptors (Lipinski definition) is 8. The molecule has 1 aliphatic heterocycles. The van der Waals surface area contributed by atoms with E-state index in [0.29, 0.717) is 24.8 Å². The summed E-state index contributed by atoms with van der Waals surface area (Å²) in [4.78, 5) is 36.5. The zero-order valence-corrected chi connectivity index (χ0v) is 18.5. The third-order valence-corrected chi connectivity index (χ3v) is 5.51. The molecular weight excluding hydrogens is 417 g/mol. The average molecular weight is 447 g/mol. The molecule has 174 valence electrons.